The van der Waals surface area contributed by atoms with Crippen LogP contribution in [0.25, 0.3) is 0 Å². The third kappa shape index (κ3) is 1.68. The largest absolute Gasteiger partial charge is 0.382 e. The van der Waals surface area contributed by atoms with Crippen molar-refractivity contribution in [1.82, 2.24) is 10.2 Å². The Hall–Kier alpha value is -0.800. The van der Waals surface area contributed by atoms with Gasteiger partial charge in [0.15, 0.2) is 11.0 Å². The molecule has 0 aliphatic rings. The lowest BCUT2D eigenvalue weighted by Gasteiger charge is -2.03. The molecule has 0 bridgehead atoms. The second-order valence-corrected chi connectivity index (χ2v) is 2.90. The lowest BCUT2D eigenvalue weighted by Crippen LogP contribution is -2.00. The molecular formula is C7H7Cl2N3. The van der Waals surface area contributed by atoms with E-state index in [1.807, 2.05) is 0 Å². The molecular weight excluding hydrogens is 197 g/mol. The van der Waals surface area contributed by atoms with Crippen molar-refractivity contribution in [2.45, 2.75) is 6.42 Å². The number of hydrogen-bond acceptors (Lipinski definition) is 3. The highest BCUT2D eigenvalue weighted by Crippen LogP contribution is 2.26. The first kappa shape index (κ1) is 9.29. The number of nitrogens with zero attached hydrogens (tertiary/aromatic N) is 2. The summed E-state index contributed by atoms with van der Waals surface area (Å²) in [4.78, 5) is 0. The van der Waals surface area contributed by atoms with E-state index in [0.717, 1.165) is 0 Å². The molecule has 1 rings (SSSR count). The molecule has 1 aromatic heterocycles. The molecule has 1 heterocycles. The fraction of sp³-hybridized carbons (Fsp3) is 0.143. The summed E-state index contributed by atoms with van der Waals surface area (Å²) in [6.07, 6.45) is 2.22. The summed E-state index contributed by atoms with van der Waals surface area (Å²) in [5.41, 5.74) is 6.18. The van der Waals surface area contributed by atoms with Crippen molar-refractivity contribution < 1.29 is 0 Å². The van der Waals surface area contributed by atoms with Crippen molar-refractivity contribution in [1.29, 1.82) is 0 Å². The predicted octanol–water partition coefficient (Wildman–Crippen LogP) is 2.09. The van der Waals surface area contributed by atoms with Crippen LogP contribution in [0.3, 0.4) is 0 Å². The average molecular weight is 204 g/mol. The lowest BCUT2D eigenvalue weighted by atomic mass is 10.2. The van der Waals surface area contributed by atoms with Crippen LogP contribution in [-0.2, 0) is 6.42 Å². The Bertz CT molecular complexity index is 312. The SMILES string of the molecule is C=CCc1c(N)nnc(Cl)c1Cl. The smallest absolute Gasteiger partial charge is 0.170 e. The van der Waals surface area contributed by atoms with Crippen molar-refractivity contribution in [3.63, 3.8) is 0 Å². The van der Waals surface area contributed by atoms with E-state index in [9.17, 15) is 0 Å². The third-order valence-electron chi connectivity index (χ3n) is 1.35. The van der Waals surface area contributed by atoms with E-state index in [4.69, 9.17) is 28.9 Å². The summed E-state index contributed by atoms with van der Waals surface area (Å²) in [7, 11) is 0. The Morgan fingerprint density at radius 1 is 1.42 bits per heavy atom. The Balaban J connectivity index is 3.22. The maximum Gasteiger partial charge on any atom is 0.170 e. The molecule has 0 atom stereocenters. The Labute approximate surface area is 80.2 Å². The zero-order valence-electron chi connectivity index (χ0n) is 6.22. The highest BCUT2D eigenvalue weighted by molar-refractivity contribution is 6.41. The van der Waals surface area contributed by atoms with Crippen molar-refractivity contribution in [2.24, 2.45) is 0 Å². The van der Waals surface area contributed by atoms with Gasteiger partial charge in [0.2, 0.25) is 0 Å². The summed E-state index contributed by atoms with van der Waals surface area (Å²) in [6, 6.07) is 0. The maximum absolute atomic E-state index is 5.82. The first-order chi connectivity index (χ1) is 5.66. The van der Waals surface area contributed by atoms with E-state index in [2.05, 4.69) is 16.8 Å². The highest BCUT2D eigenvalue weighted by atomic mass is 35.5. The molecule has 0 saturated carbocycles. The molecule has 0 radical (unpaired) electrons. The lowest BCUT2D eigenvalue weighted by molar-refractivity contribution is 1.01. The number of rotatable bonds is 2. The van der Waals surface area contributed by atoms with Gasteiger partial charge in [-0.1, -0.05) is 29.3 Å². The minimum Gasteiger partial charge on any atom is -0.382 e. The van der Waals surface area contributed by atoms with Gasteiger partial charge < -0.3 is 5.73 Å². The van der Waals surface area contributed by atoms with E-state index in [1.54, 1.807) is 6.08 Å². The molecule has 0 amide bonds. The summed E-state index contributed by atoms with van der Waals surface area (Å²) >= 11 is 11.4. The van der Waals surface area contributed by atoms with Gasteiger partial charge in [0.1, 0.15) is 0 Å². The normalized spacial score (nSPS) is 9.83. The van der Waals surface area contributed by atoms with Crippen LogP contribution in [0.5, 0.6) is 0 Å². The molecule has 2 N–H and O–H groups in total. The van der Waals surface area contributed by atoms with E-state index < -0.39 is 0 Å². The van der Waals surface area contributed by atoms with Crippen molar-refractivity contribution in [3.8, 4) is 0 Å². The standard InChI is InChI=1S/C7H7Cl2N3/c1-2-3-4-5(8)6(9)11-12-7(4)10/h2H,1,3H2,(H2,10,12). The van der Waals surface area contributed by atoms with Crippen molar-refractivity contribution in [2.75, 3.05) is 5.73 Å². The Morgan fingerprint density at radius 3 is 2.67 bits per heavy atom. The van der Waals surface area contributed by atoms with Crippen LogP contribution in [-0.4, -0.2) is 10.2 Å². The average Bonchev–Trinajstić information content (AvgIpc) is 2.06. The number of allylic oxidation sites excluding steroid dienone is 1. The van der Waals surface area contributed by atoms with Crippen LogP contribution < -0.4 is 5.73 Å². The molecule has 0 saturated heterocycles. The van der Waals surface area contributed by atoms with Crippen LogP contribution in [0.2, 0.25) is 10.2 Å². The van der Waals surface area contributed by atoms with Gasteiger partial charge in [-0.25, -0.2) is 0 Å². The summed E-state index contributed by atoms with van der Waals surface area (Å²) in [5.74, 6) is 0.296. The Kier molecular flexibility index (Phi) is 2.89. The maximum atomic E-state index is 5.82. The number of aromatic nitrogens is 2. The topological polar surface area (TPSA) is 51.8 Å². The second kappa shape index (κ2) is 3.74. The molecule has 0 spiro atoms. The van der Waals surface area contributed by atoms with Gasteiger partial charge in [0.05, 0.1) is 5.02 Å². The van der Waals surface area contributed by atoms with Gasteiger partial charge in [0.25, 0.3) is 0 Å². The van der Waals surface area contributed by atoms with Crippen LogP contribution in [0.1, 0.15) is 5.56 Å². The molecule has 5 heteroatoms. The molecule has 0 fully saturated rings. The van der Waals surface area contributed by atoms with Crippen LogP contribution in [0.15, 0.2) is 12.7 Å². The number of nitrogens with two attached hydrogens (primary N) is 1. The second-order valence-electron chi connectivity index (χ2n) is 2.16. The molecule has 0 aromatic carbocycles. The molecule has 12 heavy (non-hydrogen) atoms. The van der Waals surface area contributed by atoms with Gasteiger partial charge >= 0.3 is 0 Å². The quantitative estimate of drug-likeness (QED) is 0.750. The molecule has 3 nitrogen and oxygen atoms in total. The predicted molar refractivity (Wildman–Crippen MR) is 50.4 cm³/mol. The van der Waals surface area contributed by atoms with Gasteiger partial charge in [-0.15, -0.1) is 16.8 Å². The summed E-state index contributed by atoms with van der Waals surface area (Å²) < 4.78 is 0. The van der Waals surface area contributed by atoms with E-state index in [0.29, 0.717) is 22.8 Å². The van der Waals surface area contributed by atoms with Gasteiger partial charge in [-0.2, -0.15) is 0 Å². The highest BCUT2D eigenvalue weighted by Gasteiger charge is 2.09. The molecule has 0 aliphatic carbocycles. The van der Waals surface area contributed by atoms with Crippen LogP contribution in [0, 0.1) is 0 Å². The van der Waals surface area contributed by atoms with Gasteiger partial charge in [0, 0.05) is 5.56 Å². The summed E-state index contributed by atoms with van der Waals surface area (Å²) in [6.45, 7) is 3.56. The number of hydrogen-bond donors (Lipinski definition) is 1. The molecule has 0 aliphatic heterocycles. The first-order valence-corrected chi connectivity index (χ1v) is 3.99. The number of anilines is 1. The molecule has 1 aromatic rings. The molecule has 64 valence electrons. The van der Waals surface area contributed by atoms with E-state index >= 15 is 0 Å². The Morgan fingerprint density at radius 2 is 2.08 bits per heavy atom. The van der Waals surface area contributed by atoms with Crippen LogP contribution >= 0.6 is 23.2 Å². The molecule has 0 unspecified atom stereocenters. The zero-order chi connectivity index (χ0) is 9.14. The zero-order valence-corrected chi connectivity index (χ0v) is 7.73. The fourth-order valence-electron chi connectivity index (χ4n) is 0.777. The number of halogens is 2. The minimum atomic E-state index is 0.169. The van der Waals surface area contributed by atoms with E-state index in [1.165, 1.54) is 0 Å². The first-order valence-electron chi connectivity index (χ1n) is 3.23. The van der Waals surface area contributed by atoms with Crippen molar-refractivity contribution >= 4 is 29.0 Å². The van der Waals surface area contributed by atoms with Crippen LogP contribution in [0.4, 0.5) is 5.82 Å². The minimum absolute atomic E-state index is 0.169. The van der Waals surface area contributed by atoms with E-state index in [-0.39, 0.29) is 5.15 Å². The monoisotopic (exact) mass is 203 g/mol. The summed E-state index contributed by atoms with van der Waals surface area (Å²) in [5, 5.41) is 7.69. The van der Waals surface area contributed by atoms with Gasteiger partial charge in [-0.05, 0) is 6.42 Å². The third-order valence-corrected chi connectivity index (χ3v) is 2.12. The van der Waals surface area contributed by atoms with Gasteiger partial charge in [-0.3, -0.25) is 0 Å². The fourth-order valence-corrected chi connectivity index (χ4v) is 1.14. The number of nitrogen functional groups attached to an aromatic ring is 1. The van der Waals surface area contributed by atoms with Crippen molar-refractivity contribution in [3.05, 3.63) is 28.4 Å².